The minimum Gasteiger partial charge on any atom is -0.326 e. The van der Waals surface area contributed by atoms with Crippen molar-refractivity contribution in [3.05, 3.63) is 67.4 Å². The fourth-order valence-electron chi connectivity index (χ4n) is 2.84. The number of hydrogen-bond acceptors (Lipinski definition) is 4. The molecular formula is C19H18N6O. The van der Waals surface area contributed by atoms with Crippen molar-refractivity contribution in [3.63, 3.8) is 0 Å². The molecule has 1 amide bonds. The van der Waals surface area contributed by atoms with Crippen LogP contribution in [-0.4, -0.2) is 30.5 Å². The lowest BCUT2D eigenvalue weighted by atomic mass is 10.2. The molecule has 7 nitrogen and oxygen atoms in total. The number of benzene rings is 2. The highest BCUT2D eigenvalue weighted by Crippen LogP contribution is 2.19. The number of para-hydroxylation sites is 1. The Balaban J connectivity index is 1.37. The fourth-order valence-corrected chi connectivity index (χ4v) is 2.84. The van der Waals surface area contributed by atoms with Gasteiger partial charge in [-0.3, -0.25) is 9.48 Å². The van der Waals surface area contributed by atoms with Crippen LogP contribution < -0.4 is 5.32 Å². The number of aromatic nitrogens is 5. The minimum absolute atomic E-state index is 0.0117. The summed E-state index contributed by atoms with van der Waals surface area (Å²) in [4.78, 5) is 15.9. The van der Waals surface area contributed by atoms with Crippen LogP contribution in [0.15, 0.2) is 67.4 Å². The van der Waals surface area contributed by atoms with Crippen LogP contribution in [0, 0.1) is 0 Å². The SMILES string of the molecule is O=C(CCCn1cncn1)Nc1ccc(-n2ncc3ccccc32)cc1. The Kier molecular flexibility index (Phi) is 4.42. The van der Waals surface area contributed by atoms with Crippen molar-refractivity contribution in [2.24, 2.45) is 0 Å². The van der Waals surface area contributed by atoms with Crippen LogP contribution in [0.2, 0.25) is 0 Å². The lowest BCUT2D eigenvalue weighted by Crippen LogP contribution is -2.12. The molecule has 2 heterocycles. The molecule has 0 aliphatic rings. The average molecular weight is 346 g/mol. The van der Waals surface area contributed by atoms with Crippen molar-refractivity contribution >= 4 is 22.5 Å². The summed E-state index contributed by atoms with van der Waals surface area (Å²) in [6, 6.07) is 15.7. The van der Waals surface area contributed by atoms with Crippen LogP contribution in [0.25, 0.3) is 16.6 Å². The molecule has 4 rings (SSSR count). The summed E-state index contributed by atoms with van der Waals surface area (Å²) >= 11 is 0. The first-order valence-corrected chi connectivity index (χ1v) is 8.45. The highest BCUT2D eigenvalue weighted by molar-refractivity contribution is 5.90. The van der Waals surface area contributed by atoms with Gasteiger partial charge < -0.3 is 5.32 Å². The van der Waals surface area contributed by atoms with Gasteiger partial charge in [-0.2, -0.15) is 10.2 Å². The smallest absolute Gasteiger partial charge is 0.224 e. The Bertz CT molecular complexity index is 1000. The average Bonchev–Trinajstić information content (AvgIpc) is 3.32. The number of carbonyl (C=O) groups excluding carboxylic acids is 1. The first-order chi connectivity index (χ1) is 12.8. The van der Waals surface area contributed by atoms with E-state index < -0.39 is 0 Å². The van der Waals surface area contributed by atoms with Crippen molar-refractivity contribution in [1.29, 1.82) is 0 Å². The summed E-state index contributed by atoms with van der Waals surface area (Å²) in [6.07, 6.45) is 6.14. The third kappa shape index (κ3) is 3.46. The quantitative estimate of drug-likeness (QED) is 0.582. The monoisotopic (exact) mass is 346 g/mol. The molecule has 0 saturated carbocycles. The number of amides is 1. The number of hydrogen-bond donors (Lipinski definition) is 1. The topological polar surface area (TPSA) is 77.6 Å². The third-order valence-corrected chi connectivity index (χ3v) is 4.13. The molecule has 0 aliphatic carbocycles. The maximum Gasteiger partial charge on any atom is 0.224 e. The van der Waals surface area contributed by atoms with E-state index in [0.29, 0.717) is 19.4 Å². The second kappa shape index (κ2) is 7.18. The van der Waals surface area contributed by atoms with Crippen LogP contribution in [0.3, 0.4) is 0 Å². The van der Waals surface area contributed by atoms with E-state index in [0.717, 1.165) is 22.3 Å². The van der Waals surface area contributed by atoms with Crippen LogP contribution >= 0.6 is 0 Å². The van der Waals surface area contributed by atoms with Crippen LogP contribution in [0.1, 0.15) is 12.8 Å². The van der Waals surface area contributed by atoms with Crippen LogP contribution in [0.4, 0.5) is 5.69 Å². The number of carbonyl (C=O) groups is 1. The number of anilines is 1. The van der Waals surface area contributed by atoms with E-state index in [1.54, 1.807) is 11.0 Å². The number of nitrogens with zero attached hydrogens (tertiary/aromatic N) is 5. The Labute approximate surface area is 150 Å². The van der Waals surface area contributed by atoms with Crippen molar-refractivity contribution in [2.75, 3.05) is 5.32 Å². The first kappa shape index (κ1) is 16.0. The van der Waals surface area contributed by atoms with E-state index in [9.17, 15) is 4.79 Å². The van der Waals surface area contributed by atoms with E-state index in [4.69, 9.17) is 0 Å². The second-order valence-electron chi connectivity index (χ2n) is 5.97. The zero-order chi connectivity index (χ0) is 17.8. The third-order valence-electron chi connectivity index (χ3n) is 4.13. The molecule has 130 valence electrons. The molecule has 0 aliphatic heterocycles. The van der Waals surface area contributed by atoms with Gasteiger partial charge in [-0.1, -0.05) is 18.2 Å². The van der Waals surface area contributed by atoms with Gasteiger partial charge in [-0.05, 0) is 36.8 Å². The molecule has 26 heavy (non-hydrogen) atoms. The van der Waals surface area contributed by atoms with Crippen molar-refractivity contribution in [3.8, 4) is 5.69 Å². The molecule has 0 spiro atoms. The van der Waals surface area contributed by atoms with Gasteiger partial charge in [0, 0.05) is 24.0 Å². The number of aryl methyl sites for hydroxylation is 1. The summed E-state index contributed by atoms with van der Waals surface area (Å²) in [7, 11) is 0. The number of rotatable bonds is 6. The van der Waals surface area contributed by atoms with E-state index in [-0.39, 0.29) is 5.91 Å². The van der Waals surface area contributed by atoms with Gasteiger partial charge >= 0.3 is 0 Å². The Morgan fingerprint density at radius 1 is 1.04 bits per heavy atom. The van der Waals surface area contributed by atoms with Crippen molar-refractivity contribution < 1.29 is 4.79 Å². The Morgan fingerprint density at radius 2 is 1.88 bits per heavy atom. The normalized spacial score (nSPS) is 10.9. The van der Waals surface area contributed by atoms with E-state index in [1.807, 2.05) is 59.4 Å². The molecule has 0 saturated heterocycles. The minimum atomic E-state index is -0.0117. The van der Waals surface area contributed by atoms with Gasteiger partial charge in [0.15, 0.2) is 0 Å². The summed E-state index contributed by atoms with van der Waals surface area (Å²) < 4.78 is 3.61. The molecule has 4 aromatic rings. The maximum atomic E-state index is 12.1. The van der Waals surface area contributed by atoms with Gasteiger partial charge in [-0.15, -0.1) is 0 Å². The molecule has 0 radical (unpaired) electrons. The lowest BCUT2D eigenvalue weighted by molar-refractivity contribution is -0.116. The summed E-state index contributed by atoms with van der Waals surface area (Å²) in [5, 5.41) is 12.5. The van der Waals surface area contributed by atoms with Crippen molar-refractivity contribution in [2.45, 2.75) is 19.4 Å². The summed E-state index contributed by atoms with van der Waals surface area (Å²) in [5.74, 6) is -0.0117. The fraction of sp³-hybridized carbons (Fsp3) is 0.158. The maximum absolute atomic E-state index is 12.1. The molecular weight excluding hydrogens is 328 g/mol. The second-order valence-corrected chi connectivity index (χ2v) is 5.97. The molecule has 0 fully saturated rings. The van der Waals surface area contributed by atoms with Crippen LogP contribution in [0.5, 0.6) is 0 Å². The molecule has 0 unspecified atom stereocenters. The molecule has 0 atom stereocenters. The van der Waals surface area contributed by atoms with Gasteiger partial charge in [-0.25, -0.2) is 9.67 Å². The van der Waals surface area contributed by atoms with Gasteiger partial charge in [0.1, 0.15) is 12.7 Å². The van der Waals surface area contributed by atoms with E-state index >= 15 is 0 Å². The number of nitrogens with one attached hydrogen (secondary N) is 1. The van der Waals surface area contributed by atoms with Crippen molar-refractivity contribution in [1.82, 2.24) is 24.5 Å². The van der Waals surface area contributed by atoms with E-state index in [1.165, 1.54) is 6.33 Å². The lowest BCUT2D eigenvalue weighted by Gasteiger charge is -2.08. The Morgan fingerprint density at radius 3 is 2.69 bits per heavy atom. The zero-order valence-electron chi connectivity index (χ0n) is 14.1. The molecule has 2 aromatic heterocycles. The highest BCUT2D eigenvalue weighted by Gasteiger charge is 2.06. The van der Waals surface area contributed by atoms with Crippen LogP contribution in [-0.2, 0) is 11.3 Å². The van der Waals surface area contributed by atoms with Gasteiger partial charge in [0.2, 0.25) is 5.91 Å². The van der Waals surface area contributed by atoms with Gasteiger partial charge in [0.25, 0.3) is 0 Å². The largest absolute Gasteiger partial charge is 0.326 e. The predicted molar refractivity (Wildman–Crippen MR) is 99.0 cm³/mol. The molecule has 0 bridgehead atoms. The van der Waals surface area contributed by atoms with E-state index in [2.05, 4.69) is 20.5 Å². The summed E-state index contributed by atoms with van der Waals surface area (Å²) in [6.45, 7) is 0.679. The molecule has 1 N–H and O–H groups in total. The molecule has 7 heteroatoms. The highest BCUT2D eigenvalue weighted by atomic mass is 16.1. The standard InChI is InChI=1S/C19H18N6O/c26-19(6-3-11-24-14-20-13-22-24)23-16-7-9-17(10-8-16)25-18-5-2-1-4-15(18)12-21-25/h1-2,4-5,7-10,12-14H,3,6,11H2,(H,23,26). The van der Waals surface area contributed by atoms with Gasteiger partial charge in [0.05, 0.1) is 17.4 Å². The first-order valence-electron chi connectivity index (χ1n) is 8.45. The zero-order valence-corrected chi connectivity index (χ0v) is 14.1. The predicted octanol–water partition coefficient (Wildman–Crippen LogP) is 3.04. The number of fused-ring (bicyclic) bond motifs is 1. The Hall–Kier alpha value is -3.48. The molecule has 2 aromatic carbocycles. The summed E-state index contributed by atoms with van der Waals surface area (Å²) in [5.41, 5.74) is 2.78.